The number of thiazole rings is 1. The fraction of sp³-hybridized carbons (Fsp3) is 0.158. The van der Waals surface area contributed by atoms with Crippen molar-refractivity contribution in [2.75, 3.05) is 0 Å². The second-order valence-corrected chi connectivity index (χ2v) is 7.08. The first-order chi connectivity index (χ1) is 12.0. The van der Waals surface area contributed by atoms with Crippen molar-refractivity contribution in [2.45, 2.75) is 19.9 Å². The van der Waals surface area contributed by atoms with Gasteiger partial charge in [0.2, 0.25) is 5.91 Å². The molecule has 0 spiro atoms. The van der Waals surface area contributed by atoms with E-state index in [4.69, 9.17) is 11.6 Å². The van der Waals surface area contributed by atoms with Gasteiger partial charge < -0.3 is 5.32 Å². The average molecular weight is 375 g/mol. The molecule has 3 aromatic rings. The van der Waals surface area contributed by atoms with Gasteiger partial charge in [-0.2, -0.15) is 0 Å². The predicted octanol–water partition coefficient (Wildman–Crippen LogP) is 4.77. The summed E-state index contributed by atoms with van der Waals surface area (Å²) in [6.45, 7) is 2.33. The number of benzene rings is 2. The maximum absolute atomic E-state index is 12.9. The third-order valence-corrected chi connectivity index (χ3v) is 5.24. The number of aryl methyl sites for hydroxylation is 1. The third-order valence-electron chi connectivity index (χ3n) is 3.72. The summed E-state index contributed by atoms with van der Waals surface area (Å²) < 4.78 is 12.9. The van der Waals surface area contributed by atoms with Crippen molar-refractivity contribution >= 4 is 28.8 Å². The molecule has 6 heteroatoms. The maximum Gasteiger partial charge on any atom is 0.224 e. The molecule has 3 nitrogen and oxygen atoms in total. The predicted molar refractivity (Wildman–Crippen MR) is 99.2 cm³/mol. The fourth-order valence-electron chi connectivity index (χ4n) is 2.37. The second kappa shape index (κ2) is 7.76. The van der Waals surface area contributed by atoms with Crippen LogP contribution in [0.3, 0.4) is 0 Å². The molecule has 1 aromatic heterocycles. The molecule has 0 bridgehead atoms. The molecule has 128 valence electrons. The van der Waals surface area contributed by atoms with Crippen LogP contribution in [0.1, 0.15) is 16.1 Å². The van der Waals surface area contributed by atoms with Gasteiger partial charge in [0.1, 0.15) is 10.8 Å². The van der Waals surface area contributed by atoms with Gasteiger partial charge in [0.15, 0.2) is 0 Å². The van der Waals surface area contributed by atoms with Crippen LogP contribution in [0.25, 0.3) is 10.6 Å². The summed E-state index contributed by atoms with van der Waals surface area (Å²) in [4.78, 5) is 17.6. The summed E-state index contributed by atoms with van der Waals surface area (Å²) in [5, 5.41) is 4.38. The number of amides is 1. The second-order valence-electron chi connectivity index (χ2n) is 5.59. The number of nitrogens with zero attached hydrogens (tertiary/aromatic N) is 1. The SMILES string of the molecule is Cc1nc(-c2ccccc2Cl)sc1CNC(=O)Cc1ccc(F)cc1. The number of carbonyl (C=O) groups excluding carboxylic acids is 1. The average Bonchev–Trinajstić information content (AvgIpc) is 2.96. The van der Waals surface area contributed by atoms with Crippen LogP contribution in [-0.4, -0.2) is 10.9 Å². The first kappa shape index (κ1) is 17.6. The van der Waals surface area contributed by atoms with E-state index in [1.807, 2.05) is 31.2 Å². The minimum Gasteiger partial charge on any atom is -0.351 e. The van der Waals surface area contributed by atoms with E-state index in [-0.39, 0.29) is 18.1 Å². The van der Waals surface area contributed by atoms with E-state index in [2.05, 4.69) is 10.3 Å². The van der Waals surface area contributed by atoms with Gasteiger partial charge in [-0.05, 0) is 30.7 Å². The third kappa shape index (κ3) is 4.44. The molecule has 25 heavy (non-hydrogen) atoms. The number of carbonyl (C=O) groups is 1. The van der Waals surface area contributed by atoms with Gasteiger partial charge in [-0.3, -0.25) is 4.79 Å². The number of hydrogen-bond acceptors (Lipinski definition) is 3. The smallest absolute Gasteiger partial charge is 0.224 e. The van der Waals surface area contributed by atoms with E-state index in [1.165, 1.54) is 23.5 Å². The van der Waals surface area contributed by atoms with Gasteiger partial charge in [0, 0.05) is 10.4 Å². The molecule has 0 saturated heterocycles. The Labute approximate surface area is 154 Å². The zero-order chi connectivity index (χ0) is 17.8. The highest BCUT2D eigenvalue weighted by Gasteiger charge is 2.13. The fourth-order valence-corrected chi connectivity index (χ4v) is 3.69. The Kier molecular flexibility index (Phi) is 5.46. The number of nitrogens with one attached hydrogen (secondary N) is 1. The lowest BCUT2D eigenvalue weighted by atomic mass is 10.1. The van der Waals surface area contributed by atoms with Crippen LogP contribution in [0.2, 0.25) is 5.02 Å². The molecular formula is C19H16ClFN2OS. The Bertz CT molecular complexity index is 893. The van der Waals surface area contributed by atoms with Crippen LogP contribution in [0.5, 0.6) is 0 Å². The molecule has 0 fully saturated rings. The topological polar surface area (TPSA) is 42.0 Å². The van der Waals surface area contributed by atoms with Crippen molar-refractivity contribution in [3.8, 4) is 10.6 Å². The molecule has 0 aliphatic rings. The normalized spacial score (nSPS) is 10.7. The molecule has 1 amide bonds. The molecule has 1 heterocycles. The molecule has 2 aromatic carbocycles. The van der Waals surface area contributed by atoms with Crippen LogP contribution in [-0.2, 0) is 17.8 Å². The number of hydrogen-bond donors (Lipinski definition) is 1. The summed E-state index contributed by atoms with van der Waals surface area (Å²) in [7, 11) is 0. The van der Waals surface area contributed by atoms with Gasteiger partial charge in [-0.25, -0.2) is 9.37 Å². The van der Waals surface area contributed by atoms with Crippen molar-refractivity contribution in [1.82, 2.24) is 10.3 Å². The molecule has 0 radical (unpaired) electrons. The summed E-state index contributed by atoms with van der Waals surface area (Å²) in [5.74, 6) is -0.421. The van der Waals surface area contributed by atoms with Crippen molar-refractivity contribution < 1.29 is 9.18 Å². The van der Waals surface area contributed by atoms with Gasteiger partial charge in [-0.1, -0.05) is 41.9 Å². The van der Waals surface area contributed by atoms with Crippen LogP contribution >= 0.6 is 22.9 Å². The minimum absolute atomic E-state index is 0.112. The highest BCUT2D eigenvalue weighted by atomic mass is 35.5. The Hall–Kier alpha value is -2.24. The Morgan fingerprint density at radius 3 is 2.64 bits per heavy atom. The molecule has 0 aliphatic heterocycles. The van der Waals surface area contributed by atoms with Crippen LogP contribution < -0.4 is 5.32 Å². The van der Waals surface area contributed by atoms with E-state index >= 15 is 0 Å². The summed E-state index contributed by atoms with van der Waals surface area (Å²) in [6.07, 6.45) is 0.218. The molecule has 0 saturated carbocycles. The summed E-state index contributed by atoms with van der Waals surface area (Å²) in [6, 6.07) is 13.5. The van der Waals surface area contributed by atoms with Crippen molar-refractivity contribution in [3.05, 3.63) is 75.5 Å². The maximum atomic E-state index is 12.9. The summed E-state index contributed by atoms with van der Waals surface area (Å²) in [5.41, 5.74) is 2.54. The van der Waals surface area contributed by atoms with Gasteiger partial charge in [0.05, 0.1) is 23.7 Å². The van der Waals surface area contributed by atoms with E-state index in [0.29, 0.717) is 11.6 Å². The van der Waals surface area contributed by atoms with E-state index in [0.717, 1.165) is 26.7 Å². The highest BCUT2D eigenvalue weighted by molar-refractivity contribution is 7.15. The highest BCUT2D eigenvalue weighted by Crippen LogP contribution is 2.32. The summed E-state index contributed by atoms with van der Waals surface area (Å²) >= 11 is 7.74. The molecular weight excluding hydrogens is 359 g/mol. The van der Waals surface area contributed by atoms with Crippen LogP contribution in [0, 0.1) is 12.7 Å². The molecule has 3 rings (SSSR count). The Morgan fingerprint density at radius 2 is 1.92 bits per heavy atom. The number of rotatable bonds is 5. The molecule has 0 atom stereocenters. The van der Waals surface area contributed by atoms with E-state index in [1.54, 1.807) is 12.1 Å². The Balaban J connectivity index is 1.64. The quantitative estimate of drug-likeness (QED) is 0.699. The standard InChI is InChI=1S/C19H16ClFN2OS/c1-12-17(25-19(23-12)15-4-2-3-5-16(15)20)11-22-18(24)10-13-6-8-14(21)9-7-13/h2-9H,10-11H2,1H3,(H,22,24). The first-order valence-corrected chi connectivity index (χ1v) is 8.94. The number of aromatic nitrogens is 1. The van der Waals surface area contributed by atoms with Gasteiger partial charge in [-0.15, -0.1) is 11.3 Å². The van der Waals surface area contributed by atoms with E-state index in [9.17, 15) is 9.18 Å². The van der Waals surface area contributed by atoms with Crippen molar-refractivity contribution in [2.24, 2.45) is 0 Å². The molecule has 0 unspecified atom stereocenters. The van der Waals surface area contributed by atoms with Crippen LogP contribution in [0.15, 0.2) is 48.5 Å². The zero-order valence-corrected chi connectivity index (χ0v) is 15.1. The van der Waals surface area contributed by atoms with Crippen molar-refractivity contribution in [1.29, 1.82) is 0 Å². The van der Waals surface area contributed by atoms with Crippen LogP contribution in [0.4, 0.5) is 4.39 Å². The first-order valence-electron chi connectivity index (χ1n) is 7.75. The lowest BCUT2D eigenvalue weighted by molar-refractivity contribution is -0.120. The Morgan fingerprint density at radius 1 is 1.20 bits per heavy atom. The lowest BCUT2D eigenvalue weighted by Crippen LogP contribution is -2.24. The molecule has 0 aliphatic carbocycles. The van der Waals surface area contributed by atoms with E-state index < -0.39 is 0 Å². The largest absolute Gasteiger partial charge is 0.351 e. The zero-order valence-electron chi connectivity index (χ0n) is 13.6. The monoisotopic (exact) mass is 374 g/mol. The molecule has 1 N–H and O–H groups in total. The minimum atomic E-state index is -0.309. The number of halogens is 2. The lowest BCUT2D eigenvalue weighted by Gasteiger charge is -2.04. The van der Waals surface area contributed by atoms with Crippen molar-refractivity contribution in [3.63, 3.8) is 0 Å². The van der Waals surface area contributed by atoms with Gasteiger partial charge in [0.25, 0.3) is 0 Å². The van der Waals surface area contributed by atoms with Gasteiger partial charge >= 0.3 is 0 Å².